The number of hydrogen-bond donors (Lipinski definition) is 2. The van der Waals surface area contributed by atoms with Gasteiger partial charge in [0, 0.05) is 6.61 Å². The number of nitrogens with two attached hydrogens (primary N) is 1. The summed E-state index contributed by atoms with van der Waals surface area (Å²) < 4.78 is 5.50. The second-order valence-electron chi connectivity index (χ2n) is 4.62. The number of rotatable bonds is 3. The lowest BCUT2D eigenvalue weighted by atomic mass is 10.1. The van der Waals surface area contributed by atoms with Crippen LogP contribution in [-0.2, 0) is 9.53 Å². The zero-order chi connectivity index (χ0) is 12.5. The predicted octanol–water partition coefficient (Wildman–Crippen LogP) is 1.07. The Morgan fingerprint density at radius 1 is 1.59 bits per heavy atom. The van der Waals surface area contributed by atoms with Crippen LogP contribution in [0, 0.1) is 0 Å². The maximum Gasteiger partial charge on any atom is 0.245 e. The van der Waals surface area contributed by atoms with Crippen LogP contribution in [0.1, 0.15) is 37.8 Å². The van der Waals surface area contributed by atoms with Crippen molar-refractivity contribution in [2.45, 2.75) is 38.3 Å². The minimum atomic E-state index is -0.921. The number of amides is 1. The number of carbonyl (C=O) groups is 1. The number of ether oxygens (including phenoxy) is 1. The predicted molar refractivity (Wildman–Crippen MR) is 64.7 cm³/mol. The van der Waals surface area contributed by atoms with E-state index in [1.165, 1.54) is 11.3 Å². The molecule has 2 heterocycles. The van der Waals surface area contributed by atoms with E-state index in [2.05, 4.69) is 15.5 Å². The van der Waals surface area contributed by atoms with Crippen molar-refractivity contribution in [3.05, 3.63) is 5.01 Å². The van der Waals surface area contributed by atoms with Crippen LogP contribution < -0.4 is 11.1 Å². The Labute approximate surface area is 104 Å². The average Bonchev–Trinajstić information content (AvgIpc) is 2.83. The van der Waals surface area contributed by atoms with E-state index < -0.39 is 5.54 Å². The molecular weight excluding hydrogens is 240 g/mol. The third-order valence-corrected chi connectivity index (χ3v) is 3.38. The fourth-order valence-corrected chi connectivity index (χ4v) is 2.27. The highest BCUT2D eigenvalue weighted by Crippen LogP contribution is 2.31. The van der Waals surface area contributed by atoms with E-state index in [1.807, 2.05) is 0 Å². The van der Waals surface area contributed by atoms with Gasteiger partial charge in [-0.3, -0.25) is 10.1 Å². The van der Waals surface area contributed by atoms with Crippen LogP contribution in [0.2, 0.25) is 0 Å². The second kappa shape index (κ2) is 4.67. The Bertz CT molecular complexity index is 407. The van der Waals surface area contributed by atoms with Gasteiger partial charge in [0.2, 0.25) is 11.0 Å². The van der Waals surface area contributed by atoms with Gasteiger partial charge in [0.05, 0.1) is 5.54 Å². The van der Waals surface area contributed by atoms with Crippen LogP contribution in [0.15, 0.2) is 0 Å². The van der Waals surface area contributed by atoms with Gasteiger partial charge in [-0.05, 0) is 26.7 Å². The van der Waals surface area contributed by atoms with Gasteiger partial charge in [0.1, 0.15) is 11.1 Å². The Morgan fingerprint density at radius 3 is 2.94 bits per heavy atom. The lowest BCUT2D eigenvalue weighted by Gasteiger charge is -2.15. The molecule has 0 spiro atoms. The number of nitrogens with one attached hydrogen (secondary N) is 1. The van der Waals surface area contributed by atoms with Gasteiger partial charge in [0.15, 0.2) is 0 Å². The first kappa shape index (κ1) is 12.4. The summed E-state index contributed by atoms with van der Waals surface area (Å²) in [6.45, 7) is 4.05. The maximum atomic E-state index is 11.6. The van der Waals surface area contributed by atoms with Crippen molar-refractivity contribution in [3.63, 3.8) is 0 Å². The molecule has 7 heteroatoms. The highest BCUT2D eigenvalue weighted by Gasteiger charge is 2.25. The van der Waals surface area contributed by atoms with Gasteiger partial charge in [0.25, 0.3) is 0 Å². The molecule has 1 aliphatic rings. The molecule has 0 radical (unpaired) electrons. The van der Waals surface area contributed by atoms with Gasteiger partial charge in [-0.1, -0.05) is 11.3 Å². The zero-order valence-corrected chi connectivity index (χ0v) is 10.7. The third-order valence-electron chi connectivity index (χ3n) is 2.45. The molecule has 1 saturated heterocycles. The summed E-state index contributed by atoms with van der Waals surface area (Å²) in [6.07, 6.45) is 2.04. The summed E-state index contributed by atoms with van der Waals surface area (Å²) in [4.78, 5) is 11.6. The number of hydrogen-bond acceptors (Lipinski definition) is 6. The molecule has 1 unspecified atom stereocenters. The van der Waals surface area contributed by atoms with Gasteiger partial charge < -0.3 is 10.5 Å². The normalized spacial score (nSPS) is 20.5. The monoisotopic (exact) mass is 256 g/mol. The van der Waals surface area contributed by atoms with Crippen molar-refractivity contribution in [3.8, 4) is 0 Å². The van der Waals surface area contributed by atoms with E-state index in [0.29, 0.717) is 5.13 Å². The molecule has 3 N–H and O–H groups in total. The molecule has 0 saturated carbocycles. The van der Waals surface area contributed by atoms with Crippen molar-refractivity contribution >= 4 is 22.4 Å². The van der Waals surface area contributed by atoms with Crippen LogP contribution in [0.25, 0.3) is 0 Å². The fourth-order valence-electron chi connectivity index (χ4n) is 1.45. The molecule has 17 heavy (non-hydrogen) atoms. The third kappa shape index (κ3) is 2.99. The first-order chi connectivity index (χ1) is 7.97. The Morgan fingerprint density at radius 2 is 2.35 bits per heavy atom. The van der Waals surface area contributed by atoms with E-state index in [4.69, 9.17) is 10.5 Å². The smallest absolute Gasteiger partial charge is 0.245 e. The number of carbonyl (C=O) groups excluding carboxylic acids is 1. The molecule has 0 aliphatic carbocycles. The minimum absolute atomic E-state index is 0.0315. The van der Waals surface area contributed by atoms with E-state index >= 15 is 0 Å². The molecule has 1 aromatic rings. The molecular formula is C10H16N4O2S. The summed E-state index contributed by atoms with van der Waals surface area (Å²) in [6, 6.07) is 0. The van der Waals surface area contributed by atoms with Crippen LogP contribution in [0.4, 0.5) is 5.13 Å². The minimum Gasteiger partial charge on any atom is -0.371 e. The largest absolute Gasteiger partial charge is 0.371 e. The SMILES string of the molecule is CC(C)(N)C(=O)Nc1nnc(C2CCCO2)s1. The summed E-state index contributed by atoms with van der Waals surface area (Å²) in [5, 5.41) is 11.9. The Balaban J connectivity index is 2.01. The quantitative estimate of drug-likeness (QED) is 0.844. The molecule has 1 aromatic heterocycles. The van der Waals surface area contributed by atoms with E-state index in [-0.39, 0.29) is 12.0 Å². The topological polar surface area (TPSA) is 90.1 Å². The van der Waals surface area contributed by atoms with E-state index in [1.54, 1.807) is 13.8 Å². The molecule has 1 fully saturated rings. The van der Waals surface area contributed by atoms with Crippen molar-refractivity contribution in [2.24, 2.45) is 5.73 Å². The average molecular weight is 256 g/mol. The molecule has 1 aliphatic heterocycles. The Hall–Kier alpha value is -1.05. The fraction of sp³-hybridized carbons (Fsp3) is 0.700. The maximum absolute atomic E-state index is 11.6. The first-order valence-electron chi connectivity index (χ1n) is 5.52. The Kier molecular flexibility index (Phi) is 3.41. The van der Waals surface area contributed by atoms with E-state index in [0.717, 1.165) is 24.5 Å². The summed E-state index contributed by atoms with van der Waals surface area (Å²) in [5.41, 5.74) is 4.75. The van der Waals surface area contributed by atoms with Crippen LogP contribution in [0.3, 0.4) is 0 Å². The molecule has 0 aromatic carbocycles. The highest BCUT2D eigenvalue weighted by atomic mass is 32.1. The molecule has 1 amide bonds. The molecule has 0 bridgehead atoms. The molecule has 2 rings (SSSR count). The van der Waals surface area contributed by atoms with Gasteiger partial charge >= 0.3 is 0 Å². The van der Waals surface area contributed by atoms with Gasteiger partial charge in [-0.2, -0.15) is 0 Å². The molecule has 94 valence electrons. The van der Waals surface area contributed by atoms with Crippen molar-refractivity contribution in [2.75, 3.05) is 11.9 Å². The number of anilines is 1. The summed E-state index contributed by atoms with van der Waals surface area (Å²) in [5.74, 6) is -0.271. The van der Waals surface area contributed by atoms with Crippen molar-refractivity contribution in [1.82, 2.24) is 10.2 Å². The lowest BCUT2D eigenvalue weighted by Crippen LogP contribution is -2.45. The second-order valence-corrected chi connectivity index (χ2v) is 5.63. The summed E-state index contributed by atoms with van der Waals surface area (Å²) >= 11 is 1.34. The summed E-state index contributed by atoms with van der Waals surface area (Å²) in [7, 11) is 0. The van der Waals surface area contributed by atoms with Crippen molar-refractivity contribution < 1.29 is 9.53 Å². The standard InChI is InChI=1S/C10H16N4O2S/c1-10(2,11)8(15)12-9-14-13-7(17-9)6-4-3-5-16-6/h6H,3-5,11H2,1-2H3,(H,12,14,15). The molecule has 1 atom stereocenters. The van der Waals surface area contributed by atoms with Crippen molar-refractivity contribution in [1.29, 1.82) is 0 Å². The van der Waals surface area contributed by atoms with Crippen LogP contribution in [0.5, 0.6) is 0 Å². The van der Waals surface area contributed by atoms with Gasteiger partial charge in [-0.15, -0.1) is 10.2 Å². The van der Waals surface area contributed by atoms with Gasteiger partial charge in [-0.25, -0.2) is 0 Å². The number of aromatic nitrogens is 2. The number of nitrogens with zero attached hydrogens (tertiary/aromatic N) is 2. The molecule has 6 nitrogen and oxygen atoms in total. The lowest BCUT2D eigenvalue weighted by molar-refractivity contribution is -0.120. The van der Waals surface area contributed by atoms with E-state index in [9.17, 15) is 4.79 Å². The first-order valence-corrected chi connectivity index (χ1v) is 6.34. The highest BCUT2D eigenvalue weighted by molar-refractivity contribution is 7.15. The van der Waals surface area contributed by atoms with Crippen LogP contribution in [-0.4, -0.2) is 28.3 Å². The zero-order valence-electron chi connectivity index (χ0n) is 9.90. The van der Waals surface area contributed by atoms with Crippen LogP contribution >= 0.6 is 11.3 Å².